The predicted molar refractivity (Wildman–Crippen MR) is 108 cm³/mol. The topological polar surface area (TPSA) is 83.8 Å². The smallest absolute Gasteiger partial charge is 0.307 e. The zero-order valence-corrected chi connectivity index (χ0v) is 17.4. The van der Waals surface area contributed by atoms with Gasteiger partial charge >= 0.3 is 11.9 Å². The van der Waals surface area contributed by atoms with Gasteiger partial charge in [0.25, 0.3) is 0 Å². The Bertz CT molecular complexity index is 515. The van der Waals surface area contributed by atoms with Crippen molar-refractivity contribution in [1.29, 1.82) is 0 Å². The molecule has 0 spiro atoms. The molecule has 5 nitrogen and oxygen atoms in total. The first-order valence-corrected chi connectivity index (χ1v) is 9.72. The van der Waals surface area contributed by atoms with Gasteiger partial charge in [-0.3, -0.25) is 9.59 Å². The third-order valence-electron chi connectivity index (χ3n) is 4.29. The van der Waals surface area contributed by atoms with Crippen LogP contribution in [0.5, 0.6) is 0 Å². The van der Waals surface area contributed by atoms with Crippen molar-refractivity contribution >= 4 is 11.9 Å². The van der Waals surface area contributed by atoms with E-state index < -0.39 is 23.8 Å². The minimum atomic E-state index is -1.08. The normalized spacial score (nSPS) is 13.0. The molecule has 0 aliphatic heterocycles. The summed E-state index contributed by atoms with van der Waals surface area (Å²) < 4.78 is 5.46. The van der Waals surface area contributed by atoms with E-state index in [2.05, 4.69) is 27.7 Å². The Morgan fingerprint density at radius 1 is 0.852 bits per heavy atom. The second-order valence-electron chi connectivity index (χ2n) is 7.74. The lowest BCUT2D eigenvalue weighted by atomic mass is 9.88. The van der Waals surface area contributed by atoms with Gasteiger partial charge in [-0.25, -0.2) is 0 Å². The van der Waals surface area contributed by atoms with Crippen LogP contribution in [0.25, 0.3) is 0 Å². The van der Waals surface area contributed by atoms with Gasteiger partial charge in [-0.2, -0.15) is 0 Å². The van der Waals surface area contributed by atoms with Crippen LogP contribution in [-0.4, -0.2) is 35.4 Å². The van der Waals surface area contributed by atoms with E-state index >= 15 is 0 Å². The molecule has 0 aromatic heterocycles. The van der Waals surface area contributed by atoms with E-state index in [-0.39, 0.29) is 6.42 Å². The van der Waals surface area contributed by atoms with Crippen molar-refractivity contribution in [2.24, 2.45) is 23.7 Å². The molecule has 0 aliphatic rings. The quantitative estimate of drug-likeness (QED) is 0.541. The molecule has 0 radical (unpaired) electrons. The van der Waals surface area contributed by atoms with Gasteiger partial charge in [-0.15, -0.1) is 0 Å². The van der Waals surface area contributed by atoms with Crippen LogP contribution in [0.2, 0.25) is 0 Å². The first-order chi connectivity index (χ1) is 12.6. The van der Waals surface area contributed by atoms with E-state index in [1.807, 2.05) is 6.07 Å². The zero-order chi connectivity index (χ0) is 20.8. The molecule has 0 amide bonds. The van der Waals surface area contributed by atoms with Gasteiger partial charge in [0.05, 0.1) is 11.8 Å². The van der Waals surface area contributed by atoms with Crippen molar-refractivity contribution in [3.63, 3.8) is 0 Å². The van der Waals surface area contributed by atoms with E-state index in [0.29, 0.717) is 0 Å². The number of rotatable bonds is 11. The molecule has 2 N–H and O–H groups in total. The number of hydrogen-bond acceptors (Lipinski definition) is 3. The Labute approximate surface area is 163 Å². The van der Waals surface area contributed by atoms with Crippen molar-refractivity contribution in [1.82, 2.24) is 0 Å². The molecular formula is C22H36O5. The van der Waals surface area contributed by atoms with Crippen LogP contribution in [0.15, 0.2) is 30.3 Å². The summed E-state index contributed by atoms with van der Waals surface area (Å²) in [5.41, 5.74) is 0.836. The molecule has 1 aromatic rings. The molecular weight excluding hydrogens is 344 g/mol. The Hall–Kier alpha value is -1.88. The highest BCUT2D eigenvalue weighted by Crippen LogP contribution is 2.18. The lowest BCUT2D eigenvalue weighted by Gasteiger charge is -2.16. The number of hydrogen-bond donors (Lipinski definition) is 2. The van der Waals surface area contributed by atoms with Crippen LogP contribution >= 0.6 is 0 Å². The molecule has 1 rings (SSSR count). The van der Waals surface area contributed by atoms with Gasteiger partial charge < -0.3 is 14.9 Å². The van der Waals surface area contributed by atoms with Crippen LogP contribution in [0.1, 0.15) is 53.0 Å². The first-order valence-electron chi connectivity index (χ1n) is 9.72. The highest BCUT2D eigenvalue weighted by molar-refractivity contribution is 5.79. The monoisotopic (exact) mass is 380 g/mol. The van der Waals surface area contributed by atoms with Crippen LogP contribution in [0, 0.1) is 23.7 Å². The maximum Gasteiger partial charge on any atom is 0.307 e. The molecule has 154 valence electrons. The van der Waals surface area contributed by atoms with Crippen LogP contribution in [-0.2, 0) is 20.7 Å². The third kappa shape index (κ3) is 13.0. The zero-order valence-electron chi connectivity index (χ0n) is 17.4. The molecule has 1 aromatic carbocycles. The van der Waals surface area contributed by atoms with Gasteiger partial charge in [0.1, 0.15) is 0 Å². The summed E-state index contributed by atoms with van der Waals surface area (Å²) in [4.78, 5) is 21.8. The summed E-state index contributed by atoms with van der Waals surface area (Å²) in [7, 11) is 0. The standard InChI is InChI=1S/C12H14O4.C10H22O/c1-8(11(13)14)10(12(15)16)7-9-5-3-2-4-6-9;1-9(2)5-7-11-8-6-10(3)4/h2-6,8,10H,7H2,1H3,(H,13,14)(H,15,16);9-10H,5-8H2,1-4H3/t8-,10+;/m1./s1. The average molecular weight is 381 g/mol. The molecule has 0 fully saturated rings. The fourth-order valence-electron chi connectivity index (χ4n) is 2.26. The second kappa shape index (κ2) is 14.2. The van der Waals surface area contributed by atoms with E-state index in [9.17, 15) is 9.59 Å². The van der Waals surface area contributed by atoms with Gasteiger partial charge in [-0.1, -0.05) is 65.0 Å². The summed E-state index contributed by atoms with van der Waals surface area (Å²) in [6, 6.07) is 9.04. The van der Waals surface area contributed by atoms with Crippen molar-refractivity contribution in [3.8, 4) is 0 Å². The van der Waals surface area contributed by atoms with E-state index in [4.69, 9.17) is 14.9 Å². The van der Waals surface area contributed by atoms with Crippen LogP contribution < -0.4 is 0 Å². The number of carbonyl (C=O) groups is 2. The minimum Gasteiger partial charge on any atom is -0.481 e. The molecule has 0 heterocycles. The van der Waals surface area contributed by atoms with E-state index in [1.54, 1.807) is 24.3 Å². The molecule has 5 heteroatoms. The molecule has 0 unspecified atom stereocenters. The molecule has 0 saturated carbocycles. The van der Waals surface area contributed by atoms with Crippen molar-refractivity contribution in [2.75, 3.05) is 13.2 Å². The molecule has 0 aliphatic carbocycles. The number of benzene rings is 1. The summed E-state index contributed by atoms with van der Waals surface area (Å²) in [6.07, 6.45) is 2.62. The Kier molecular flexibility index (Phi) is 13.2. The average Bonchev–Trinajstić information content (AvgIpc) is 2.59. The summed E-state index contributed by atoms with van der Waals surface area (Å²) in [5.74, 6) is -2.39. The minimum absolute atomic E-state index is 0.240. The first kappa shape index (κ1) is 25.1. The number of ether oxygens (including phenoxy) is 1. The van der Waals surface area contributed by atoms with Gasteiger partial charge in [0.15, 0.2) is 0 Å². The second-order valence-corrected chi connectivity index (χ2v) is 7.74. The van der Waals surface area contributed by atoms with E-state index in [1.165, 1.54) is 19.8 Å². The molecule has 27 heavy (non-hydrogen) atoms. The van der Waals surface area contributed by atoms with Gasteiger partial charge in [0, 0.05) is 13.2 Å². The van der Waals surface area contributed by atoms with Gasteiger partial charge in [0.2, 0.25) is 0 Å². The lowest BCUT2D eigenvalue weighted by molar-refractivity contribution is -0.152. The fourth-order valence-corrected chi connectivity index (χ4v) is 2.26. The van der Waals surface area contributed by atoms with Crippen molar-refractivity contribution in [2.45, 2.75) is 53.9 Å². The number of carboxylic acid groups (broad SMARTS) is 2. The highest BCUT2D eigenvalue weighted by Gasteiger charge is 2.29. The van der Waals surface area contributed by atoms with Crippen LogP contribution in [0.3, 0.4) is 0 Å². The molecule has 0 bridgehead atoms. The Morgan fingerprint density at radius 3 is 1.70 bits per heavy atom. The third-order valence-corrected chi connectivity index (χ3v) is 4.29. The summed E-state index contributed by atoms with van der Waals surface area (Å²) in [5, 5.41) is 17.8. The largest absolute Gasteiger partial charge is 0.481 e. The Morgan fingerprint density at radius 2 is 1.33 bits per heavy atom. The fraction of sp³-hybridized carbons (Fsp3) is 0.636. The van der Waals surface area contributed by atoms with Crippen LogP contribution in [0.4, 0.5) is 0 Å². The van der Waals surface area contributed by atoms with Crippen molar-refractivity contribution < 1.29 is 24.5 Å². The molecule has 2 atom stereocenters. The maximum atomic E-state index is 11.0. The van der Waals surface area contributed by atoms with Gasteiger partial charge in [-0.05, 0) is 36.7 Å². The van der Waals surface area contributed by atoms with Crippen molar-refractivity contribution in [3.05, 3.63) is 35.9 Å². The SMILES string of the molecule is CC(C)CCOCCC(C)C.C[C@@H](C(=O)O)[C@H](Cc1ccccc1)C(=O)O. The molecule has 0 saturated heterocycles. The van der Waals surface area contributed by atoms with E-state index in [0.717, 1.165) is 30.6 Å². The lowest BCUT2D eigenvalue weighted by Crippen LogP contribution is -2.29. The Balaban J connectivity index is 0.000000541. The summed E-state index contributed by atoms with van der Waals surface area (Å²) in [6.45, 7) is 12.2. The maximum absolute atomic E-state index is 11.0. The predicted octanol–water partition coefficient (Wildman–Crippen LogP) is 4.75. The highest BCUT2D eigenvalue weighted by atomic mass is 16.5. The number of carboxylic acids is 2. The number of aliphatic carboxylic acids is 2. The summed E-state index contributed by atoms with van der Waals surface area (Å²) >= 11 is 0.